The van der Waals surface area contributed by atoms with Gasteiger partial charge >= 0.3 is 0 Å². The number of nitrogens with one attached hydrogen (secondary N) is 1. The van der Waals surface area contributed by atoms with Gasteiger partial charge in [0.15, 0.2) is 5.82 Å². The van der Waals surface area contributed by atoms with Gasteiger partial charge in [0.05, 0.1) is 17.5 Å². The first-order chi connectivity index (χ1) is 13.3. The topological polar surface area (TPSA) is 59.8 Å². The Balaban J connectivity index is 1.63. The van der Waals surface area contributed by atoms with Crippen LogP contribution in [0.2, 0.25) is 0 Å². The maximum Gasteiger partial charge on any atom is 0.254 e. The van der Waals surface area contributed by atoms with Crippen molar-refractivity contribution in [2.75, 3.05) is 0 Å². The number of carbonyl (C=O) groups excluding carboxylic acids is 1. The van der Waals surface area contributed by atoms with Gasteiger partial charge in [0.25, 0.3) is 5.91 Å². The molecule has 0 spiro atoms. The third kappa shape index (κ3) is 5.65. The maximum absolute atomic E-state index is 12.9. The molecule has 1 N–H and O–H groups in total. The Morgan fingerprint density at radius 1 is 1.00 bits per heavy atom. The molecule has 146 valence electrons. The molecule has 0 saturated heterocycles. The highest BCUT2D eigenvalue weighted by atomic mass is 16.1. The molecule has 2 heterocycles. The summed E-state index contributed by atoms with van der Waals surface area (Å²) in [5.41, 5.74) is 1.48. The van der Waals surface area contributed by atoms with Gasteiger partial charge in [-0.2, -0.15) is 5.10 Å². The molecule has 27 heavy (non-hydrogen) atoms. The first-order valence-corrected chi connectivity index (χ1v) is 10.5. The van der Waals surface area contributed by atoms with Crippen molar-refractivity contribution in [1.82, 2.24) is 20.1 Å². The van der Waals surface area contributed by atoms with Gasteiger partial charge in [-0.05, 0) is 31.9 Å². The fraction of sp³-hybridized carbons (Fsp3) is 0.591. The lowest BCUT2D eigenvalue weighted by atomic mass is 9.97. The maximum atomic E-state index is 12.9. The van der Waals surface area contributed by atoms with Gasteiger partial charge < -0.3 is 5.32 Å². The normalized spacial score (nSPS) is 17.7. The minimum absolute atomic E-state index is 0.00762. The summed E-state index contributed by atoms with van der Waals surface area (Å²) in [6.07, 6.45) is 17.3. The third-order valence-corrected chi connectivity index (χ3v) is 5.56. The number of carbonyl (C=O) groups is 1. The van der Waals surface area contributed by atoms with Crippen LogP contribution in [0.1, 0.15) is 86.7 Å². The van der Waals surface area contributed by atoms with Gasteiger partial charge in [0.1, 0.15) is 0 Å². The van der Waals surface area contributed by atoms with Crippen LogP contribution in [0.15, 0.2) is 30.6 Å². The van der Waals surface area contributed by atoms with Crippen LogP contribution in [0.4, 0.5) is 0 Å². The van der Waals surface area contributed by atoms with Crippen LogP contribution < -0.4 is 5.32 Å². The first kappa shape index (κ1) is 19.6. The molecule has 0 radical (unpaired) electrons. The molecular weight excluding hydrogens is 336 g/mol. The van der Waals surface area contributed by atoms with E-state index in [0.29, 0.717) is 5.56 Å². The molecule has 0 unspecified atom stereocenters. The van der Waals surface area contributed by atoms with E-state index in [9.17, 15) is 4.79 Å². The lowest BCUT2D eigenvalue weighted by Crippen LogP contribution is -2.35. The molecule has 3 rings (SSSR count). The summed E-state index contributed by atoms with van der Waals surface area (Å²) in [7, 11) is 0. The smallest absolute Gasteiger partial charge is 0.254 e. The average molecular weight is 369 g/mol. The molecule has 1 aliphatic carbocycles. The Hall–Kier alpha value is -2.17. The van der Waals surface area contributed by atoms with E-state index in [1.165, 1.54) is 57.8 Å². The number of pyridine rings is 1. The fourth-order valence-corrected chi connectivity index (χ4v) is 3.91. The fourth-order valence-electron chi connectivity index (χ4n) is 3.91. The van der Waals surface area contributed by atoms with Crippen LogP contribution in [0.25, 0.3) is 5.82 Å². The quantitative estimate of drug-likeness (QED) is 0.831. The van der Waals surface area contributed by atoms with Gasteiger partial charge in [-0.3, -0.25) is 4.79 Å². The van der Waals surface area contributed by atoms with Crippen molar-refractivity contribution >= 4 is 5.91 Å². The van der Waals surface area contributed by atoms with Gasteiger partial charge in [-0.15, -0.1) is 0 Å². The molecule has 1 amide bonds. The second-order valence-electron chi connectivity index (χ2n) is 7.67. The highest BCUT2D eigenvalue weighted by molar-refractivity contribution is 5.95. The zero-order valence-electron chi connectivity index (χ0n) is 16.5. The van der Waals surface area contributed by atoms with Crippen molar-refractivity contribution in [1.29, 1.82) is 0 Å². The second-order valence-corrected chi connectivity index (χ2v) is 7.67. The summed E-state index contributed by atoms with van der Waals surface area (Å²) in [4.78, 5) is 17.2. The summed E-state index contributed by atoms with van der Waals surface area (Å²) in [6.45, 7) is 1.93. The van der Waals surface area contributed by atoms with E-state index in [4.69, 9.17) is 0 Å². The van der Waals surface area contributed by atoms with Gasteiger partial charge in [-0.25, -0.2) is 9.67 Å². The predicted octanol–water partition coefficient (Wildman–Crippen LogP) is 4.98. The van der Waals surface area contributed by atoms with Crippen LogP contribution in [0.5, 0.6) is 0 Å². The first-order valence-electron chi connectivity index (χ1n) is 10.5. The molecular formula is C22H32N4O. The minimum atomic E-state index is -0.00762. The molecule has 2 aromatic rings. The molecule has 1 aliphatic rings. The molecule has 0 aromatic carbocycles. The van der Waals surface area contributed by atoms with Crippen LogP contribution in [-0.4, -0.2) is 26.7 Å². The summed E-state index contributed by atoms with van der Waals surface area (Å²) in [5.74, 6) is 0.729. The number of nitrogens with zero attached hydrogens (tertiary/aromatic N) is 3. The van der Waals surface area contributed by atoms with E-state index in [0.717, 1.165) is 24.4 Å². The Morgan fingerprint density at radius 3 is 2.22 bits per heavy atom. The molecule has 5 heteroatoms. The Morgan fingerprint density at radius 2 is 1.63 bits per heavy atom. The van der Waals surface area contributed by atoms with E-state index in [2.05, 4.69) is 15.4 Å². The number of amides is 1. The minimum Gasteiger partial charge on any atom is -0.349 e. The Labute approximate surface area is 162 Å². The molecule has 0 bridgehead atoms. The van der Waals surface area contributed by atoms with Crippen molar-refractivity contribution in [2.24, 2.45) is 0 Å². The van der Waals surface area contributed by atoms with Crippen LogP contribution in [-0.2, 0) is 0 Å². The van der Waals surface area contributed by atoms with Gasteiger partial charge in [0, 0.05) is 12.2 Å². The molecule has 5 nitrogen and oxygen atoms in total. The van der Waals surface area contributed by atoms with Crippen molar-refractivity contribution < 1.29 is 4.79 Å². The molecule has 0 aliphatic heterocycles. The van der Waals surface area contributed by atoms with Crippen molar-refractivity contribution in [2.45, 2.75) is 83.6 Å². The number of hydrogen-bond acceptors (Lipinski definition) is 3. The second kappa shape index (κ2) is 10.2. The highest BCUT2D eigenvalue weighted by Crippen LogP contribution is 2.18. The van der Waals surface area contributed by atoms with E-state index >= 15 is 0 Å². The summed E-state index contributed by atoms with van der Waals surface area (Å²) in [6, 6.07) is 5.97. The Bertz CT molecular complexity index is 698. The van der Waals surface area contributed by atoms with E-state index in [1.54, 1.807) is 17.1 Å². The van der Waals surface area contributed by atoms with E-state index in [-0.39, 0.29) is 11.9 Å². The number of aromatic nitrogens is 3. The summed E-state index contributed by atoms with van der Waals surface area (Å²) in [5, 5.41) is 7.66. The monoisotopic (exact) mass is 368 g/mol. The van der Waals surface area contributed by atoms with Crippen molar-refractivity contribution in [3.63, 3.8) is 0 Å². The largest absolute Gasteiger partial charge is 0.349 e. The standard InChI is InChI=1S/C22H32N4O/c1-18-20(17-24-26(18)21-15-11-12-16-23-21)22(27)25-19-13-9-7-5-3-2-4-6-8-10-14-19/h11-12,15-17,19H,2-10,13-14H2,1H3,(H,25,27). The Kier molecular flexibility index (Phi) is 7.43. The SMILES string of the molecule is Cc1c(C(=O)NC2CCCCCCCCCCC2)cnn1-c1ccccn1. The number of hydrogen-bond donors (Lipinski definition) is 1. The van der Waals surface area contributed by atoms with Crippen LogP contribution >= 0.6 is 0 Å². The number of rotatable bonds is 3. The van der Waals surface area contributed by atoms with Gasteiger partial charge in [0.2, 0.25) is 0 Å². The van der Waals surface area contributed by atoms with Crippen molar-refractivity contribution in [3.8, 4) is 5.82 Å². The van der Waals surface area contributed by atoms with Crippen LogP contribution in [0, 0.1) is 6.92 Å². The van der Waals surface area contributed by atoms with E-state index in [1.807, 2.05) is 25.1 Å². The third-order valence-electron chi connectivity index (χ3n) is 5.56. The van der Waals surface area contributed by atoms with Gasteiger partial charge in [-0.1, -0.05) is 63.9 Å². The summed E-state index contributed by atoms with van der Waals surface area (Å²) < 4.78 is 1.73. The van der Waals surface area contributed by atoms with Crippen molar-refractivity contribution in [3.05, 3.63) is 41.9 Å². The molecule has 1 saturated carbocycles. The highest BCUT2D eigenvalue weighted by Gasteiger charge is 2.19. The molecule has 1 fully saturated rings. The zero-order chi connectivity index (χ0) is 18.9. The molecule has 0 atom stereocenters. The van der Waals surface area contributed by atoms with Crippen LogP contribution in [0.3, 0.4) is 0 Å². The average Bonchev–Trinajstić information content (AvgIpc) is 3.06. The zero-order valence-corrected chi connectivity index (χ0v) is 16.5. The lowest BCUT2D eigenvalue weighted by Gasteiger charge is -2.19. The predicted molar refractivity (Wildman–Crippen MR) is 108 cm³/mol. The lowest BCUT2D eigenvalue weighted by molar-refractivity contribution is 0.0930. The summed E-state index contributed by atoms with van der Waals surface area (Å²) >= 11 is 0. The van der Waals surface area contributed by atoms with E-state index < -0.39 is 0 Å². The molecule has 2 aromatic heterocycles.